The molecule has 1 rings (SSSR count). The molecule has 0 unspecified atom stereocenters. The smallest absolute Gasteiger partial charge is 0.422 e. The molecule has 0 atom stereocenters. The van der Waals surface area contributed by atoms with Crippen LogP contribution >= 0.6 is 0 Å². The predicted molar refractivity (Wildman–Crippen MR) is 73.0 cm³/mol. The van der Waals surface area contributed by atoms with Gasteiger partial charge < -0.3 is 15.4 Å². The summed E-state index contributed by atoms with van der Waals surface area (Å²) in [6, 6.07) is 6.35. The zero-order valence-electron chi connectivity index (χ0n) is 11.8. The second kappa shape index (κ2) is 8.51. The molecule has 1 aromatic carbocycles. The van der Waals surface area contributed by atoms with Gasteiger partial charge in [0.2, 0.25) is 5.91 Å². The van der Waals surface area contributed by atoms with Crippen molar-refractivity contribution in [2.45, 2.75) is 25.6 Å². The van der Waals surface area contributed by atoms with Gasteiger partial charge >= 0.3 is 6.18 Å². The Balaban J connectivity index is 2.49. The normalized spacial score (nSPS) is 11.2. The molecule has 0 aliphatic rings. The van der Waals surface area contributed by atoms with Crippen molar-refractivity contribution in [2.75, 3.05) is 20.2 Å². The minimum atomic E-state index is -4.39. The maximum Gasteiger partial charge on any atom is 0.422 e. The van der Waals surface area contributed by atoms with E-state index in [0.29, 0.717) is 18.4 Å². The van der Waals surface area contributed by atoms with E-state index in [2.05, 4.69) is 10.6 Å². The predicted octanol–water partition coefficient (Wildman–Crippen LogP) is 2.24. The molecule has 0 heterocycles. The van der Waals surface area contributed by atoms with Gasteiger partial charge in [0.25, 0.3) is 0 Å². The molecule has 2 N–H and O–H groups in total. The molecule has 0 saturated heterocycles. The largest absolute Gasteiger partial charge is 0.484 e. The number of amides is 1. The number of ether oxygens (including phenoxy) is 1. The van der Waals surface area contributed by atoms with Crippen molar-refractivity contribution in [1.29, 1.82) is 0 Å². The first kappa shape index (κ1) is 17.3. The van der Waals surface area contributed by atoms with Crippen molar-refractivity contribution < 1.29 is 22.7 Å². The van der Waals surface area contributed by atoms with Gasteiger partial charge in [-0.2, -0.15) is 13.2 Å². The van der Waals surface area contributed by atoms with Crippen LogP contribution in [0.15, 0.2) is 24.3 Å². The third-order valence-corrected chi connectivity index (χ3v) is 2.67. The Morgan fingerprint density at radius 1 is 1.29 bits per heavy atom. The molecule has 0 saturated carbocycles. The van der Waals surface area contributed by atoms with Gasteiger partial charge in [0, 0.05) is 18.5 Å². The summed E-state index contributed by atoms with van der Waals surface area (Å²) in [5.41, 5.74) is 0.517. The van der Waals surface area contributed by atoms with Gasteiger partial charge in [-0.1, -0.05) is 18.2 Å². The Labute approximate surface area is 121 Å². The number of alkyl halides is 3. The summed E-state index contributed by atoms with van der Waals surface area (Å²) in [7, 11) is 1.80. The van der Waals surface area contributed by atoms with E-state index in [4.69, 9.17) is 4.74 Å². The minimum Gasteiger partial charge on any atom is -0.484 e. The van der Waals surface area contributed by atoms with Crippen LogP contribution in [0.1, 0.15) is 18.4 Å². The van der Waals surface area contributed by atoms with Crippen LogP contribution in [0.3, 0.4) is 0 Å². The van der Waals surface area contributed by atoms with E-state index in [0.717, 1.165) is 6.54 Å². The highest BCUT2D eigenvalue weighted by atomic mass is 19.4. The second-order valence-corrected chi connectivity index (χ2v) is 4.50. The number of benzene rings is 1. The molecule has 118 valence electrons. The second-order valence-electron chi connectivity index (χ2n) is 4.50. The van der Waals surface area contributed by atoms with Crippen LogP contribution in [0.2, 0.25) is 0 Å². The molecular formula is C14H19F3N2O2. The molecular weight excluding hydrogens is 285 g/mol. The lowest BCUT2D eigenvalue weighted by Gasteiger charge is -2.13. The summed E-state index contributed by atoms with van der Waals surface area (Å²) < 4.78 is 41.2. The van der Waals surface area contributed by atoms with Crippen molar-refractivity contribution in [3.05, 3.63) is 29.8 Å². The third kappa shape index (κ3) is 7.55. The summed E-state index contributed by atoms with van der Waals surface area (Å²) in [4.78, 5) is 11.6. The van der Waals surface area contributed by atoms with Crippen LogP contribution in [0.25, 0.3) is 0 Å². The number of carbonyl (C=O) groups is 1. The van der Waals surface area contributed by atoms with Gasteiger partial charge in [-0.3, -0.25) is 4.79 Å². The number of nitrogens with one attached hydrogen (secondary N) is 2. The van der Waals surface area contributed by atoms with E-state index >= 15 is 0 Å². The Hall–Kier alpha value is -1.76. The van der Waals surface area contributed by atoms with Gasteiger partial charge in [-0.15, -0.1) is 0 Å². The minimum absolute atomic E-state index is 0.130. The van der Waals surface area contributed by atoms with E-state index in [1.165, 1.54) is 6.07 Å². The fraction of sp³-hybridized carbons (Fsp3) is 0.500. The van der Waals surface area contributed by atoms with Crippen LogP contribution in [-0.2, 0) is 11.3 Å². The summed E-state index contributed by atoms with van der Waals surface area (Å²) >= 11 is 0. The molecule has 0 aliphatic heterocycles. The maximum atomic E-state index is 12.2. The quantitative estimate of drug-likeness (QED) is 0.724. The highest BCUT2D eigenvalue weighted by Crippen LogP contribution is 2.22. The number of halogens is 3. The highest BCUT2D eigenvalue weighted by molar-refractivity contribution is 5.75. The van der Waals surface area contributed by atoms with Crippen LogP contribution in [0.5, 0.6) is 5.75 Å². The Morgan fingerprint density at radius 3 is 2.67 bits per heavy atom. The van der Waals surface area contributed by atoms with Crippen molar-refractivity contribution >= 4 is 5.91 Å². The lowest BCUT2D eigenvalue weighted by molar-refractivity contribution is -0.153. The molecule has 7 heteroatoms. The average molecular weight is 304 g/mol. The van der Waals surface area contributed by atoms with Crippen molar-refractivity contribution in [2.24, 2.45) is 0 Å². The fourth-order valence-corrected chi connectivity index (χ4v) is 1.66. The summed E-state index contributed by atoms with van der Waals surface area (Å²) in [5, 5.41) is 5.60. The summed E-state index contributed by atoms with van der Waals surface area (Å²) in [5.74, 6) is -0.0128. The molecule has 0 aliphatic carbocycles. The van der Waals surface area contributed by atoms with E-state index in [1.54, 1.807) is 25.2 Å². The molecule has 1 amide bonds. The Kier molecular flexibility index (Phi) is 7.01. The Bertz CT molecular complexity index is 450. The zero-order valence-corrected chi connectivity index (χ0v) is 11.8. The van der Waals surface area contributed by atoms with Crippen molar-refractivity contribution in [3.63, 3.8) is 0 Å². The van der Waals surface area contributed by atoms with E-state index < -0.39 is 12.8 Å². The summed E-state index contributed by atoms with van der Waals surface area (Å²) in [6.07, 6.45) is -3.31. The molecule has 0 radical (unpaired) electrons. The van der Waals surface area contributed by atoms with E-state index in [1.807, 2.05) is 0 Å². The third-order valence-electron chi connectivity index (χ3n) is 2.67. The van der Waals surface area contributed by atoms with Gasteiger partial charge in [0.05, 0.1) is 0 Å². The lowest BCUT2D eigenvalue weighted by Crippen LogP contribution is -2.24. The van der Waals surface area contributed by atoms with E-state index in [9.17, 15) is 18.0 Å². The molecule has 0 aromatic heterocycles. The average Bonchev–Trinajstić information content (AvgIpc) is 2.43. The number of hydrogen-bond donors (Lipinski definition) is 2. The van der Waals surface area contributed by atoms with Gasteiger partial charge in [-0.25, -0.2) is 0 Å². The molecule has 0 bridgehead atoms. The number of rotatable bonds is 8. The Morgan fingerprint density at radius 2 is 2.00 bits per heavy atom. The number of hydrogen-bond acceptors (Lipinski definition) is 3. The standard InChI is InChI=1S/C14H19F3N2O2/c1-18-8-4-7-13(20)19-9-11-5-2-3-6-12(11)21-10-14(15,16)17/h2-3,5-6,18H,4,7-10H2,1H3,(H,19,20). The van der Waals surface area contributed by atoms with Crippen molar-refractivity contribution in [1.82, 2.24) is 10.6 Å². The molecule has 1 aromatic rings. The van der Waals surface area contributed by atoms with Crippen LogP contribution in [0.4, 0.5) is 13.2 Å². The highest BCUT2D eigenvalue weighted by Gasteiger charge is 2.28. The van der Waals surface area contributed by atoms with Gasteiger partial charge in [0.15, 0.2) is 6.61 Å². The lowest BCUT2D eigenvalue weighted by atomic mass is 10.2. The zero-order chi connectivity index (χ0) is 15.7. The first-order valence-electron chi connectivity index (χ1n) is 6.61. The maximum absolute atomic E-state index is 12.2. The SMILES string of the molecule is CNCCCC(=O)NCc1ccccc1OCC(F)(F)F. The molecule has 0 spiro atoms. The molecule has 21 heavy (non-hydrogen) atoms. The van der Waals surface area contributed by atoms with E-state index in [-0.39, 0.29) is 18.2 Å². The molecule has 4 nitrogen and oxygen atoms in total. The number of carbonyl (C=O) groups excluding carboxylic acids is 1. The van der Waals surface area contributed by atoms with Crippen LogP contribution in [0, 0.1) is 0 Å². The monoisotopic (exact) mass is 304 g/mol. The van der Waals surface area contributed by atoms with Gasteiger partial charge in [-0.05, 0) is 26.1 Å². The van der Waals surface area contributed by atoms with Crippen LogP contribution in [-0.4, -0.2) is 32.3 Å². The fourth-order valence-electron chi connectivity index (χ4n) is 1.66. The van der Waals surface area contributed by atoms with Crippen molar-refractivity contribution in [3.8, 4) is 5.75 Å². The van der Waals surface area contributed by atoms with Gasteiger partial charge in [0.1, 0.15) is 5.75 Å². The topological polar surface area (TPSA) is 50.4 Å². The summed E-state index contributed by atoms with van der Waals surface area (Å²) in [6.45, 7) is -0.467. The first-order chi connectivity index (χ1) is 9.92. The number of para-hydroxylation sites is 1. The molecule has 0 fully saturated rings. The first-order valence-corrected chi connectivity index (χ1v) is 6.61. The van der Waals surface area contributed by atoms with Crippen LogP contribution < -0.4 is 15.4 Å².